The maximum absolute atomic E-state index is 13.5. The van der Waals surface area contributed by atoms with Crippen LogP contribution in [0.3, 0.4) is 0 Å². The topological polar surface area (TPSA) is 91.5 Å². The first kappa shape index (κ1) is 29.2. The number of rotatable bonds is 14. The van der Waals surface area contributed by atoms with E-state index in [-0.39, 0.29) is 28.4 Å². The summed E-state index contributed by atoms with van der Waals surface area (Å²) in [7, 11) is 0. The first-order chi connectivity index (χ1) is 18.3. The Morgan fingerprint density at radius 2 is 1.61 bits per heavy atom. The molecule has 2 aromatic carbocycles. The smallest absolute Gasteiger partial charge is 0.295 e. The van der Waals surface area contributed by atoms with E-state index in [1.54, 1.807) is 19.1 Å². The van der Waals surface area contributed by atoms with Crippen LogP contribution in [0.25, 0.3) is 5.76 Å². The number of halogens is 1. The number of nitrogens with zero attached hydrogens (tertiary/aromatic N) is 1. The lowest BCUT2D eigenvalue weighted by Gasteiger charge is -2.27. The molecule has 1 atom stereocenters. The average Bonchev–Trinajstić information content (AvgIpc) is 3.16. The first-order valence-corrected chi connectivity index (χ1v) is 13.7. The van der Waals surface area contributed by atoms with Crippen LogP contribution in [0.2, 0.25) is 0 Å². The maximum Gasteiger partial charge on any atom is 0.295 e. The number of phenols is 1. The molecule has 206 valence electrons. The molecule has 38 heavy (non-hydrogen) atoms. The highest BCUT2D eigenvalue weighted by Crippen LogP contribution is 2.41. The molecule has 0 aromatic heterocycles. The number of ketones is 1. The number of likely N-dealkylation sites (tertiary alicyclic amines) is 1. The number of carbonyl (C=O) groups is 2. The Bertz CT molecular complexity index is 1120. The van der Waals surface area contributed by atoms with Crippen molar-refractivity contribution in [2.75, 3.05) is 32.8 Å². The Morgan fingerprint density at radius 1 is 0.974 bits per heavy atom. The number of carbonyl (C=O) groups excluding carboxylic acids is 2. The third kappa shape index (κ3) is 6.92. The molecule has 0 aliphatic carbocycles. The molecular formula is C30H40FN2O5+. The number of ether oxygens (including phenoxy) is 1. The Hall–Kier alpha value is -3.39. The number of aliphatic hydroxyl groups is 1. The third-order valence-corrected chi connectivity index (χ3v) is 6.95. The van der Waals surface area contributed by atoms with E-state index < -0.39 is 23.5 Å². The fourth-order valence-corrected chi connectivity index (χ4v) is 4.92. The number of benzene rings is 2. The number of unbranched alkanes of at least 4 members (excludes halogenated alkanes) is 2. The molecule has 8 heteroatoms. The number of quaternary nitrogens is 1. The molecule has 3 rings (SSSR count). The van der Waals surface area contributed by atoms with Crippen LogP contribution in [0.1, 0.15) is 70.0 Å². The maximum atomic E-state index is 13.5. The summed E-state index contributed by atoms with van der Waals surface area (Å²) in [6, 6.07) is 8.95. The van der Waals surface area contributed by atoms with Crippen LogP contribution in [0, 0.1) is 5.82 Å². The van der Waals surface area contributed by atoms with E-state index in [0.29, 0.717) is 25.1 Å². The molecule has 1 aliphatic rings. The second-order valence-electron chi connectivity index (χ2n) is 9.72. The van der Waals surface area contributed by atoms with Gasteiger partial charge in [0.2, 0.25) is 0 Å². The largest absolute Gasteiger partial charge is 0.507 e. The summed E-state index contributed by atoms with van der Waals surface area (Å²) in [5, 5.41) is 21.4. The van der Waals surface area contributed by atoms with Gasteiger partial charge in [-0.3, -0.25) is 9.59 Å². The average molecular weight is 528 g/mol. The summed E-state index contributed by atoms with van der Waals surface area (Å²) in [6.07, 6.45) is 5.20. The van der Waals surface area contributed by atoms with Crippen molar-refractivity contribution in [1.82, 2.24) is 4.90 Å². The minimum absolute atomic E-state index is 0.0582. The van der Waals surface area contributed by atoms with Gasteiger partial charge in [-0.2, -0.15) is 0 Å². The zero-order valence-corrected chi connectivity index (χ0v) is 22.6. The lowest BCUT2D eigenvalue weighted by atomic mass is 9.95. The number of hydrogen-bond donors (Lipinski definition) is 3. The quantitative estimate of drug-likeness (QED) is 0.194. The highest BCUT2D eigenvalue weighted by atomic mass is 19.1. The molecule has 0 bridgehead atoms. The minimum atomic E-state index is -0.866. The highest BCUT2D eigenvalue weighted by molar-refractivity contribution is 6.46. The van der Waals surface area contributed by atoms with Crippen molar-refractivity contribution >= 4 is 17.4 Å². The van der Waals surface area contributed by atoms with E-state index in [1.165, 1.54) is 40.1 Å². The van der Waals surface area contributed by atoms with Gasteiger partial charge in [0, 0.05) is 18.5 Å². The van der Waals surface area contributed by atoms with Crippen LogP contribution >= 0.6 is 0 Å². The van der Waals surface area contributed by atoms with Gasteiger partial charge >= 0.3 is 0 Å². The van der Waals surface area contributed by atoms with Gasteiger partial charge in [0.05, 0.1) is 37.9 Å². The van der Waals surface area contributed by atoms with Crippen molar-refractivity contribution in [3.63, 3.8) is 0 Å². The molecule has 7 nitrogen and oxygen atoms in total. The summed E-state index contributed by atoms with van der Waals surface area (Å²) < 4.78 is 19.1. The number of amides is 1. The standard InChI is InChI=1S/C30H39FN2O5/c1-4-7-16-32(17-8-5-2)18-9-19-33-27(22-12-15-24(34)25(20-22)38-6-3)26(29(36)30(33)37)28(35)21-10-13-23(31)14-11-21/h10-15,20,27,34-35H,4-9,16-19H2,1-3H3/p+1. The molecule has 0 saturated carbocycles. The SMILES string of the molecule is CCCC[NH+](CCCC)CCCN1C(=O)C(=O)C(=C(O)c2ccc(F)cc2)C1c1ccc(O)c(OCC)c1. The van der Waals surface area contributed by atoms with Gasteiger partial charge < -0.3 is 24.7 Å². The van der Waals surface area contributed by atoms with Crippen LogP contribution in [-0.2, 0) is 9.59 Å². The van der Waals surface area contributed by atoms with Crippen LogP contribution < -0.4 is 9.64 Å². The van der Waals surface area contributed by atoms with Gasteiger partial charge in [0.1, 0.15) is 11.6 Å². The molecule has 1 unspecified atom stereocenters. The molecule has 1 fully saturated rings. The molecule has 1 amide bonds. The van der Waals surface area contributed by atoms with Crippen molar-refractivity contribution in [3.05, 3.63) is 65.0 Å². The number of phenolic OH excluding ortho intramolecular Hbond substituents is 1. The normalized spacial score (nSPS) is 17.0. The molecule has 1 heterocycles. The second kappa shape index (κ2) is 14.0. The molecule has 1 aliphatic heterocycles. The van der Waals surface area contributed by atoms with Gasteiger partial charge in [0.15, 0.2) is 11.5 Å². The van der Waals surface area contributed by atoms with E-state index in [0.717, 1.165) is 45.3 Å². The van der Waals surface area contributed by atoms with Gasteiger partial charge in [-0.05, 0) is 61.7 Å². The van der Waals surface area contributed by atoms with E-state index >= 15 is 0 Å². The van der Waals surface area contributed by atoms with Crippen molar-refractivity contribution < 1.29 is 33.8 Å². The molecule has 2 aromatic rings. The highest BCUT2D eigenvalue weighted by Gasteiger charge is 2.46. The monoisotopic (exact) mass is 527 g/mol. The Morgan fingerprint density at radius 3 is 2.21 bits per heavy atom. The van der Waals surface area contributed by atoms with E-state index in [1.807, 2.05) is 0 Å². The molecule has 1 saturated heterocycles. The van der Waals surface area contributed by atoms with Crippen LogP contribution in [-0.4, -0.2) is 59.6 Å². The van der Waals surface area contributed by atoms with Crippen LogP contribution in [0.15, 0.2) is 48.0 Å². The van der Waals surface area contributed by atoms with E-state index in [2.05, 4.69) is 13.8 Å². The fourth-order valence-electron chi connectivity index (χ4n) is 4.92. The molecule has 3 N–H and O–H groups in total. The van der Waals surface area contributed by atoms with Gasteiger partial charge in [-0.15, -0.1) is 0 Å². The van der Waals surface area contributed by atoms with Crippen molar-refractivity contribution in [1.29, 1.82) is 0 Å². The predicted molar refractivity (Wildman–Crippen MR) is 145 cm³/mol. The Kier molecular flexibility index (Phi) is 10.7. The van der Waals surface area contributed by atoms with Gasteiger partial charge in [-0.25, -0.2) is 4.39 Å². The molecule has 0 spiro atoms. The summed E-state index contributed by atoms with van der Waals surface area (Å²) in [4.78, 5) is 29.5. The van der Waals surface area contributed by atoms with Gasteiger partial charge in [0.25, 0.3) is 11.7 Å². The lowest BCUT2D eigenvalue weighted by Crippen LogP contribution is -3.12. The third-order valence-electron chi connectivity index (χ3n) is 6.95. The summed E-state index contributed by atoms with van der Waals surface area (Å²) in [6.45, 7) is 9.80. The summed E-state index contributed by atoms with van der Waals surface area (Å²) in [5.41, 5.74) is 0.721. The zero-order chi connectivity index (χ0) is 27.7. The minimum Gasteiger partial charge on any atom is -0.507 e. The van der Waals surface area contributed by atoms with Crippen molar-refractivity contribution in [3.8, 4) is 11.5 Å². The Labute approximate surface area is 224 Å². The first-order valence-electron chi connectivity index (χ1n) is 13.7. The summed E-state index contributed by atoms with van der Waals surface area (Å²) in [5.74, 6) is -2.14. The number of aromatic hydroxyl groups is 1. The lowest BCUT2D eigenvalue weighted by molar-refractivity contribution is -0.900. The number of aliphatic hydroxyl groups excluding tert-OH is 1. The molecule has 0 radical (unpaired) electrons. The predicted octanol–water partition coefficient (Wildman–Crippen LogP) is 4.23. The number of nitrogens with one attached hydrogen (secondary N) is 1. The fraction of sp³-hybridized carbons (Fsp3) is 0.467. The van der Waals surface area contributed by atoms with Crippen molar-refractivity contribution in [2.45, 2.75) is 58.9 Å². The van der Waals surface area contributed by atoms with Gasteiger partial charge in [-0.1, -0.05) is 32.8 Å². The van der Waals surface area contributed by atoms with Crippen molar-refractivity contribution in [2.24, 2.45) is 0 Å². The number of Topliss-reactive ketones (excluding diaryl/α,β-unsaturated/α-hetero) is 1. The van der Waals surface area contributed by atoms with E-state index in [4.69, 9.17) is 4.74 Å². The van der Waals surface area contributed by atoms with E-state index in [9.17, 15) is 24.2 Å². The Balaban J connectivity index is 1.98. The molecular weight excluding hydrogens is 487 g/mol. The van der Waals surface area contributed by atoms with Crippen LogP contribution in [0.5, 0.6) is 11.5 Å². The zero-order valence-electron chi connectivity index (χ0n) is 22.6. The number of hydrogen-bond acceptors (Lipinski definition) is 5. The van der Waals surface area contributed by atoms with Crippen LogP contribution in [0.4, 0.5) is 4.39 Å². The summed E-state index contributed by atoms with van der Waals surface area (Å²) >= 11 is 0. The second-order valence-corrected chi connectivity index (χ2v) is 9.72.